The van der Waals surface area contributed by atoms with Gasteiger partial charge in [0.05, 0.1) is 29.8 Å². The van der Waals surface area contributed by atoms with Crippen molar-refractivity contribution >= 4 is 44.7 Å². The van der Waals surface area contributed by atoms with Gasteiger partial charge in [-0.1, -0.05) is 75.7 Å². The fraction of sp³-hybridized carbons (Fsp3) is 0.405. The minimum Gasteiger partial charge on any atom is -0.497 e. The molecular formula is C42H51N5O9S. The fourth-order valence-electron chi connectivity index (χ4n) is 6.53. The van der Waals surface area contributed by atoms with Crippen LogP contribution in [0.4, 0.5) is 4.79 Å². The number of rotatable bonds is 14. The summed E-state index contributed by atoms with van der Waals surface area (Å²) in [5.41, 5.74) is 1.25. The molecule has 0 unspecified atom stereocenters. The Labute approximate surface area is 333 Å². The Hall–Kier alpha value is -5.70. The highest BCUT2D eigenvalue weighted by Crippen LogP contribution is 2.35. The van der Waals surface area contributed by atoms with E-state index < -0.39 is 69.6 Å². The second kappa shape index (κ2) is 18.0. The molecule has 1 saturated heterocycles. The second-order valence-corrected chi connectivity index (χ2v) is 16.9. The molecule has 0 saturated carbocycles. The summed E-state index contributed by atoms with van der Waals surface area (Å²) in [6.07, 6.45) is -0.965. The first kappa shape index (κ1) is 42.4. The van der Waals surface area contributed by atoms with Crippen LogP contribution in [-0.2, 0) is 29.1 Å². The number of pyridine rings is 1. The van der Waals surface area contributed by atoms with Crippen LogP contribution in [0, 0.1) is 5.92 Å². The highest BCUT2D eigenvalue weighted by molar-refractivity contribution is 7.90. The number of sulfonamides is 1. The average Bonchev–Trinajstić information content (AvgIpc) is 3.59. The van der Waals surface area contributed by atoms with Crippen LogP contribution in [0.25, 0.3) is 22.2 Å². The zero-order valence-corrected chi connectivity index (χ0v) is 34.1. The number of hydrogen-bond acceptors (Lipinski definition) is 10. The molecule has 0 aliphatic carbocycles. The van der Waals surface area contributed by atoms with Gasteiger partial charge in [-0.15, -0.1) is 0 Å². The number of likely N-dealkylation sites (tertiary alicyclic amines) is 1. The molecule has 3 N–H and O–H groups in total. The van der Waals surface area contributed by atoms with Gasteiger partial charge in [-0.3, -0.25) is 14.4 Å². The number of aromatic nitrogens is 1. The van der Waals surface area contributed by atoms with Crippen molar-refractivity contribution in [1.29, 1.82) is 0 Å². The molecule has 1 aliphatic heterocycles. The van der Waals surface area contributed by atoms with Crippen molar-refractivity contribution in [3.05, 3.63) is 84.9 Å². The molecule has 1 aromatic heterocycles. The maximum Gasteiger partial charge on any atom is 0.408 e. The van der Waals surface area contributed by atoms with E-state index in [1.165, 1.54) is 29.2 Å². The molecule has 4 amide bonds. The van der Waals surface area contributed by atoms with Crippen LogP contribution in [-0.4, -0.2) is 85.6 Å². The second-order valence-electron chi connectivity index (χ2n) is 15.2. The van der Waals surface area contributed by atoms with E-state index in [1.807, 2.05) is 36.4 Å². The zero-order chi connectivity index (χ0) is 41.5. The number of nitrogens with zero attached hydrogens (tertiary/aromatic N) is 2. The normalized spacial score (nSPS) is 16.7. The lowest BCUT2D eigenvalue weighted by Crippen LogP contribution is -2.57. The number of methoxy groups -OCH3 is 1. The molecule has 2 heterocycles. The van der Waals surface area contributed by atoms with E-state index in [1.54, 1.807) is 72.9 Å². The Morgan fingerprint density at radius 2 is 1.60 bits per heavy atom. The third-order valence-corrected chi connectivity index (χ3v) is 10.7. The molecule has 4 atom stereocenters. The Balaban J connectivity index is 1.48. The highest BCUT2D eigenvalue weighted by atomic mass is 32.2. The lowest BCUT2D eigenvalue weighted by atomic mass is 10.0. The van der Waals surface area contributed by atoms with E-state index in [0.717, 1.165) is 5.56 Å². The maximum atomic E-state index is 14.5. The largest absolute Gasteiger partial charge is 0.497 e. The summed E-state index contributed by atoms with van der Waals surface area (Å²) >= 11 is 0. The topological polar surface area (TPSA) is 182 Å². The molecule has 1 aliphatic rings. The van der Waals surface area contributed by atoms with Crippen molar-refractivity contribution in [2.45, 2.75) is 95.5 Å². The van der Waals surface area contributed by atoms with E-state index in [-0.39, 0.29) is 24.3 Å². The molecular weight excluding hydrogens is 751 g/mol. The number of ether oxygens (including phenoxy) is 3. The van der Waals surface area contributed by atoms with E-state index >= 15 is 0 Å². The zero-order valence-electron chi connectivity index (χ0n) is 33.3. The van der Waals surface area contributed by atoms with Crippen molar-refractivity contribution in [3.63, 3.8) is 0 Å². The summed E-state index contributed by atoms with van der Waals surface area (Å²) in [5.74, 6) is -1.52. The molecule has 0 spiro atoms. The molecule has 0 bridgehead atoms. The summed E-state index contributed by atoms with van der Waals surface area (Å²) in [7, 11) is -2.67. The first-order valence-corrected chi connectivity index (χ1v) is 20.4. The van der Waals surface area contributed by atoms with E-state index in [4.69, 9.17) is 19.2 Å². The van der Waals surface area contributed by atoms with Crippen molar-refractivity contribution in [3.8, 4) is 22.8 Å². The predicted molar refractivity (Wildman–Crippen MR) is 215 cm³/mol. The molecule has 15 heteroatoms. The Morgan fingerprint density at radius 1 is 0.930 bits per heavy atom. The third kappa shape index (κ3) is 10.8. The van der Waals surface area contributed by atoms with Gasteiger partial charge in [-0.2, -0.15) is 0 Å². The van der Waals surface area contributed by atoms with Crippen LogP contribution in [0.1, 0.15) is 60.8 Å². The summed E-state index contributed by atoms with van der Waals surface area (Å²) in [5, 5.41) is 6.07. The van der Waals surface area contributed by atoms with Crippen LogP contribution in [0.5, 0.6) is 11.5 Å². The monoisotopic (exact) mass is 801 g/mol. The number of carbonyl (C=O) groups is 4. The van der Waals surface area contributed by atoms with Gasteiger partial charge in [0, 0.05) is 29.5 Å². The smallest absolute Gasteiger partial charge is 0.408 e. The quantitative estimate of drug-likeness (QED) is 0.145. The summed E-state index contributed by atoms with van der Waals surface area (Å²) < 4.78 is 45.7. The van der Waals surface area contributed by atoms with Gasteiger partial charge >= 0.3 is 6.09 Å². The summed E-state index contributed by atoms with van der Waals surface area (Å²) in [4.78, 5) is 61.2. The lowest BCUT2D eigenvalue weighted by molar-refractivity contribution is -0.141. The number of hydrogen-bond donors (Lipinski definition) is 3. The number of carbonyl (C=O) groups excluding carboxylic acids is 4. The molecule has 4 aromatic rings. The van der Waals surface area contributed by atoms with Gasteiger partial charge in [0.1, 0.15) is 41.3 Å². The number of alkyl carbamates (subject to hydrolysis) is 1. The van der Waals surface area contributed by atoms with E-state index in [0.29, 0.717) is 34.5 Å². The Kier molecular flexibility index (Phi) is 13.4. The third-order valence-electron chi connectivity index (χ3n) is 9.29. The fourth-order valence-corrected chi connectivity index (χ4v) is 7.57. The first-order chi connectivity index (χ1) is 27.0. The van der Waals surface area contributed by atoms with Gasteiger partial charge in [0.2, 0.25) is 11.8 Å². The van der Waals surface area contributed by atoms with Gasteiger partial charge in [-0.05, 0) is 57.4 Å². The SMILES string of the molecule is CCC[C@H](NC(=O)[C@@H]1C[C@@H](Oc2cc(-c3ccccc3)nc3cc(OC)ccc23)CN1C(=O)[C@@H](NC(=O)OC(C)(C)C)C(C)C)C(=O)NS(=O)(=O)c1ccccc1. The average molecular weight is 802 g/mol. The summed E-state index contributed by atoms with van der Waals surface area (Å²) in [6.45, 7) is 10.4. The number of nitrogens with one attached hydrogen (secondary N) is 3. The van der Waals surface area contributed by atoms with Gasteiger partial charge in [0.15, 0.2) is 0 Å². The maximum absolute atomic E-state index is 14.5. The first-order valence-electron chi connectivity index (χ1n) is 18.9. The molecule has 14 nitrogen and oxygen atoms in total. The van der Waals surface area contributed by atoms with Gasteiger partial charge < -0.3 is 29.7 Å². The standard InChI is InChI=1S/C42H51N5O9S/c1-8-15-32(38(48)46-57(52,53)30-18-13-10-14-19-30)44-39(49)35-23-29(25-47(35)40(50)37(26(2)3)45-41(51)56-42(4,5)6)55-36-24-33(27-16-11-9-12-17-27)43-34-22-28(54-7)20-21-31(34)36/h9-14,16-22,24,26,29,32,35,37H,8,15,23,25H2,1-7H3,(H,44,49)(H,45,51)(H,46,48)/t29-,32+,35+,37+/m1/s1. The number of fused-ring (bicyclic) bond motifs is 1. The molecule has 304 valence electrons. The lowest BCUT2D eigenvalue weighted by Gasteiger charge is -2.31. The Morgan fingerprint density at radius 3 is 2.21 bits per heavy atom. The molecule has 57 heavy (non-hydrogen) atoms. The van der Waals surface area contributed by atoms with E-state index in [2.05, 4.69) is 15.4 Å². The van der Waals surface area contributed by atoms with Crippen molar-refractivity contribution in [1.82, 2.24) is 25.2 Å². The van der Waals surface area contributed by atoms with E-state index in [9.17, 15) is 27.6 Å². The van der Waals surface area contributed by atoms with Crippen LogP contribution in [0.2, 0.25) is 0 Å². The van der Waals surface area contributed by atoms with Crippen molar-refractivity contribution in [2.75, 3.05) is 13.7 Å². The van der Waals surface area contributed by atoms with Gasteiger partial charge in [-0.25, -0.2) is 22.9 Å². The number of benzene rings is 3. The predicted octanol–water partition coefficient (Wildman–Crippen LogP) is 5.60. The number of amides is 4. The van der Waals surface area contributed by atoms with Gasteiger partial charge in [0.25, 0.3) is 15.9 Å². The van der Waals surface area contributed by atoms with Crippen molar-refractivity contribution in [2.24, 2.45) is 5.92 Å². The van der Waals surface area contributed by atoms with Crippen LogP contribution in [0.3, 0.4) is 0 Å². The summed E-state index contributed by atoms with van der Waals surface area (Å²) in [6, 6.07) is 20.7. The minimum absolute atomic E-state index is 0.0121. The van der Waals surface area contributed by atoms with Crippen molar-refractivity contribution < 1.29 is 41.8 Å². The Bertz CT molecular complexity index is 2180. The van der Waals surface area contributed by atoms with Crippen LogP contribution < -0.4 is 24.8 Å². The van der Waals surface area contributed by atoms with Crippen LogP contribution in [0.15, 0.2) is 89.8 Å². The van der Waals surface area contributed by atoms with Crippen LogP contribution >= 0.6 is 0 Å². The molecule has 3 aromatic carbocycles. The molecule has 0 radical (unpaired) electrons. The molecule has 5 rings (SSSR count). The molecule has 1 fully saturated rings. The minimum atomic E-state index is -4.24. The highest BCUT2D eigenvalue weighted by Gasteiger charge is 2.45.